The van der Waals surface area contributed by atoms with Gasteiger partial charge in [-0.25, -0.2) is 4.79 Å². The van der Waals surface area contributed by atoms with Crippen molar-refractivity contribution in [2.75, 3.05) is 19.0 Å². The summed E-state index contributed by atoms with van der Waals surface area (Å²) in [6, 6.07) is 6.98. The van der Waals surface area contributed by atoms with E-state index in [4.69, 9.17) is 15.9 Å². The SMILES string of the molecule is COc1cccc(NC(=O)N(CCC(=N)N)C(C)C)c1. The van der Waals surface area contributed by atoms with Crippen LogP contribution in [0.5, 0.6) is 5.75 Å². The highest BCUT2D eigenvalue weighted by Crippen LogP contribution is 2.17. The molecule has 0 spiro atoms. The number of anilines is 1. The number of urea groups is 1. The lowest BCUT2D eigenvalue weighted by Crippen LogP contribution is -2.41. The molecule has 1 aromatic rings. The van der Waals surface area contributed by atoms with Crippen LogP contribution in [0.3, 0.4) is 0 Å². The fraction of sp³-hybridized carbons (Fsp3) is 0.429. The zero-order valence-electron chi connectivity index (χ0n) is 12.1. The number of hydrogen-bond donors (Lipinski definition) is 3. The summed E-state index contributed by atoms with van der Waals surface area (Å²) in [5, 5.41) is 10.1. The second-order valence-electron chi connectivity index (χ2n) is 4.72. The Hall–Kier alpha value is -2.24. The molecule has 0 radical (unpaired) electrons. The number of nitrogens with zero attached hydrogens (tertiary/aromatic N) is 1. The molecule has 0 bridgehead atoms. The third-order valence-electron chi connectivity index (χ3n) is 2.83. The van der Waals surface area contributed by atoms with Gasteiger partial charge in [-0.05, 0) is 26.0 Å². The maximum Gasteiger partial charge on any atom is 0.322 e. The quantitative estimate of drug-likeness (QED) is 0.550. The van der Waals surface area contributed by atoms with Crippen molar-refractivity contribution >= 4 is 17.6 Å². The third-order valence-corrected chi connectivity index (χ3v) is 2.83. The van der Waals surface area contributed by atoms with Crippen LogP contribution in [0, 0.1) is 5.41 Å². The van der Waals surface area contributed by atoms with Gasteiger partial charge in [0.1, 0.15) is 5.75 Å². The molecule has 0 aliphatic heterocycles. The molecule has 20 heavy (non-hydrogen) atoms. The van der Waals surface area contributed by atoms with Gasteiger partial charge in [0, 0.05) is 30.8 Å². The van der Waals surface area contributed by atoms with Crippen LogP contribution in [0.15, 0.2) is 24.3 Å². The van der Waals surface area contributed by atoms with Crippen molar-refractivity contribution in [3.8, 4) is 5.75 Å². The minimum absolute atomic E-state index is 0.0277. The molecular weight excluding hydrogens is 256 g/mol. The first kappa shape index (κ1) is 15.8. The van der Waals surface area contributed by atoms with Crippen LogP contribution in [0.25, 0.3) is 0 Å². The Kier molecular flexibility index (Phi) is 5.83. The van der Waals surface area contributed by atoms with Crippen molar-refractivity contribution in [2.45, 2.75) is 26.3 Å². The lowest BCUT2D eigenvalue weighted by Gasteiger charge is -2.26. The van der Waals surface area contributed by atoms with E-state index >= 15 is 0 Å². The molecule has 0 aromatic heterocycles. The Bertz CT molecular complexity index is 474. The molecule has 4 N–H and O–H groups in total. The highest BCUT2D eigenvalue weighted by atomic mass is 16.5. The van der Waals surface area contributed by atoms with Crippen molar-refractivity contribution < 1.29 is 9.53 Å². The highest BCUT2D eigenvalue weighted by Gasteiger charge is 2.17. The van der Waals surface area contributed by atoms with Gasteiger partial charge >= 0.3 is 6.03 Å². The number of methoxy groups -OCH3 is 1. The smallest absolute Gasteiger partial charge is 0.322 e. The van der Waals surface area contributed by atoms with Crippen LogP contribution in [0.4, 0.5) is 10.5 Å². The Morgan fingerprint density at radius 1 is 1.50 bits per heavy atom. The van der Waals surface area contributed by atoms with E-state index in [1.807, 2.05) is 26.0 Å². The zero-order valence-corrected chi connectivity index (χ0v) is 12.1. The first-order valence-electron chi connectivity index (χ1n) is 6.48. The van der Waals surface area contributed by atoms with Gasteiger partial charge in [0.05, 0.1) is 12.9 Å². The molecule has 0 saturated heterocycles. The van der Waals surface area contributed by atoms with Gasteiger partial charge in [-0.15, -0.1) is 0 Å². The fourth-order valence-electron chi connectivity index (χ4n) is 1.73. The molecule has 0 aliphatic carbocycles. The summed E-state index contributed by atoms with van der Waals surface area (Å²) in [5.74, 6) is 0.757. The van der Waals surface area contributed by atoms with Gasteiger partial charge < -0.3 is 20.7 Å². The topological polar surface area (TPSA) is 91.4 Å². The fourth-order valence-corrected chi connectivity index (χ4v) is 1.73. The number of rotatable bonds is 6. The summed E-state index contributed by atoms with van der Waals surface area (Å²) in [5.41, 5.74) is 6.01. The van der Waals surface area contributed by atoms with Gasteiger partial charge in [0.25, 0.3) is 0 Å². The van der Waals surface area contributed by atoms with Crippen LogP contribution in [0.1, 0.15) is 20.3 Å². The van der Waals surface area contributed by atoms with Crippen LogP contribution < -0.4 is 15.8 Å². The Labute approximate surface area is 119 Å². The lowest BCUT2D eigenvalue weighted by atomic mass is 10.2. The van der Waals surface area contributed by atoms with Crippen molar-refractivity contribution in [1.29, 1.82) is 5.41 Å². The number of hydrogen-bond acceptors (Lipinski definition) is 3. The third kappa shape index (κ3) is 4.79. The average Bonchev–Trinajstić information content (AvgIpc) is 2.38. The van der Waals surface area contributed by atoms with Gasteiger partial charge in [-0.2, -0.15) is 0 Å². The first-order chi connectivity index (χ1) is 9.43. The molecule has 0 fully saturated rings. The number of carbonyl (C=O) groups is 1. The molecule has 6 nitrogen and oxygen atoms in total. The van der Waals surface area contributed by atoms with E-state index in [1.54, 1.807) is 24.1 Å². The number of nitrogens with two attached hydrogens (primary N) is 1. The van der Waals surface area contributed by atoms with E-state index in [0.717, 1.165) is 0 Å². The summed E-state index contributed by atoms with van der Waals surface area (Å²) < 4.78 is 5.11. The molecule has 1 aromatic carbocycles. The second-order valence-corrected chi connectivity index (χ2v) is 4.72. The summed E-state index contributed by atoms with van der Waals surface area (Å²) >= 11 is 0. The van der Waals surface area contributed by atoms with Crippen molar-refractivity contribution in [3.63, 3.8) is 0 Å². The summed E-state index contributed by atoms with van der Waals surface area (Å²) in [4.78, 5) is 13.9. The van der Waals surface area contributed by atoms with E-state index in [0.29, 0.717) is 24.4 Å². The van der Waals surface area contributed by atoms with E-state index in [-0.39, 0.29) is 17.9 Å². The number of carbonyl (C=O) groups excluding carboxylic acids is 1. The Balaban J connectivity index is 2.72. The Morgan fingerprint density at radius 2 is 2.20 bits per heavy atom. The summed E-state index contributed by atoms with van der Waals surface area (Å²) in [6.07, 6.45) is 0.365. The Morgan fingerprint density at radius 3 is 2.75 bits per heavy atom. The maximum atomic E-state index is 12.2. The van der Waals surface area contributed by atoms with E-state index in [1.165, 1.54) is 0 Å². The lowest BCUT2D eigenvalue weighted by molar-refractivity contribution is 0.199. The minimum atomic E-state index is -0.213. The van der Waals surface area contributed by atoms with Crippen molar-refractivity contribution in [2.24, 2.45) is 5.73 Å². The van der Waals surface area contributed by atoms with E-state index < -0.39 is 0 Å². The highest BCUT2D eigenvalue weighted by molar-refractivity contribution is 5.90. The van der Waals surface area contributed by atoms with E-state index in [2.05, 4.69) is 5.32 Å². The second kappa shape index (κ2) is 7.37. The van der Waals surface area contributed by atoms with Crippen LogP contribution in [-0.4, -0.2) is 36.5 Å². The molecule has 2 amide bonds. The number of benzene rings is 1. The van der Waals surface area contributed by atoms with Gasteiger partial charge in [0.2, 0.25) is 0 Å². The predicted octanol–water partition coefficient (Wildman–Crippen LogP) is 2.26. The number of amides is 2. The van der Waals surface area contributed by atoms with Crippen molar-refractivity contribution in [1.82, 2.24) is 4.90 Å². The number of ether oxygens (including phenoxy) is 1. The number of amidine groups is 1. The molecule has 1 rings (SSSR count). The van der Waals surface area contributed by atoms with Gasteiger partial charge in [-0.3, -0.25) is 5.41 Å². The largest absolute Gasteiger partial charge is 0.497 e. The van der Waals surface area contributed by atoms with Crippen LogP contribution in [0.2, 0.25) is 0 Å². The molecule has 0 aliphatic rings. The van der Waals surface area contributed by atoms with Crippen LogP contribution >= 0.6 is 0 Å². The number of nitrogens with one attached hydrogen (secondary N) is 2. The first-order valence-corrected chi connectivity index (χ1v) is 6.48. The van der Waals surface area contributed by atoms with Crippen LogP contribution in [-0.2, 0) is 0 Å². The normalized spacial score (nSPS) is 10.2. The molecule has 6 heteroatoms. The average molecular weight is 278 g/mol. The molecule has 0 heterocycles. The minimum Gasteiger partial charge on any atom is -0.497 e. The predicted molar refractivity (Wildman–Crippen MR) is 80.4 cm³/mol. The summed E-state index contributed by atoms with van der Waals surface area (Å²) in [6.45, 7) is 4.26. The van der Waals surface area contributed by atoms with E-state index in [9.17, 15) is 4.79 Å². The van der Waals surface area contributed by atoms with Gasteiger partial charge in [0.15, 0.2) is 0 Å². The standard InChI is InChI=1S/C14H22N4O2/c1-10(2)18(8-7-13(15)16)14(19)17-11-5-4-6-12(9-11)20-3/h4-6,9-10H,7-8H2,1-3H3,(H3,15,16)(H,17,19). The maximum absolute atomic E-state index is 12.2. The monoisotopic (exact) mass is 278 g/mol. The molecule has 0 unspecified atom stereocenters. The zero-order chi connectivity index (χ0) is 15.1. The molecule has 110 valence electrons. The van der Waals surface area contributed by atoms with Gasteiger partial charge in [-0.1, -0.05) is 6.07 Å². The molecule has 0 atom stereocenters. The molecular formula is C14H22N4O2. The molecule has 0 saturated carbocycles. The summed E-state index contributed by atoms with van der Waals surface area (Å²) in [7, 11) is 1.58. The van der Waals surface area contributed by atoms with Crippen molar-refractivity contribution in [3.05, 3.63) is 24.3 Å².